The van der Waals surface area contributed by atoms with Gasteiger partial charge < -0.3 is 9.32 Å². The Labute approximate surface area is 158 Å². The van der Waals surface area contributed by atoms with E-state index in [-0.39, 0.29) is 10.8 Å². The smallest absolute Gasteiger partial charge is 0.262 e. The fraction of sp³-hybridized carbons (Fsp3) is 0.263. The van der Waals surface area contributed by atoms with E-state index in [1.165, 1.54) is 12.1 Å². The van der Waals surface area contributed by atoms with Crippen LogP contribution >= 0.6 is 0 Å². The fourth-order valence-electron chi connectivity index (χ4n) is 2.78. The minimum absolute atomic E-state index is 0.0782. The van der Waals surface area contributed by atoms with E-state index in [1.54, 1.807) is 42.2 Å². The van der Waals surface area contributed by atoms with E-state index in [4.69, 9.17) is 4.42 Å². The minimum atomic E-state index is -3.79. The number of sulfonamides is 1. The van der Waals surface area contributed by atoms with Crippen LogP contribution in [0.1, 0.15) is 30.1 Å². The van der Waals surface area contributed by atoms with Crippen LogP contribution in [0.25, 0.3) is 11.1 Å². The predicted molar refractivity (Wildman–Crippen MR) is 103 cm³/mol. The van der Waals surface area contributed by atoms with Crippen LogP contribution in [0, 0.1) is 6.92 Å². The second kappa shape index (κ2) is 7.40. The lowest BCUT2D eigenvalue weighted by Crippen LogP contribution is -2.30. The summed E-state index contributed by atoms with van der Waals surface area (Å²) in [6, 6.07) is 10.9. The molecule has 0 bridgehead atoms. The molecule has 0 radical (unpaired) electrons. The Hall–Kier alpha value is -2.87. The van der Waals surface area contributed by atoms with E-state index in [1.807, 2.05) is 13.8 Å². The maximum atomic E-state index is 12.6. The zero-order valence-corrected chi connectivity index (χ0v) is 16.2. The molecule has 3 aromatic rings. The van der Waals surface area contributed by atoms with Gasteiger partial charge in [-0.25, -0.2) is 13.4 Å². The van der Waals surface area contributed by atoms with Crippen molar-refractivity contribution in [2.24, 2.45) is 0 Å². The molecule has 0 saturated carbocycles. The Kier molecular flexibility index (Phi) is 5.18. The molecule has 1 N–H and O–H groups in total. The standard InChI is InChI=1S/C19H21N3O4S/c1-4-22(5-2)19(23)14-6-8-15(9-7-14)21-27(24,25)16-10-11-17-18(12-16)26-13(3)20-17/h6-12,21H,4-5H2,1-3H3. The SMILES string of the molecule is CCN(CC)C(=O)c1ccc(NS(=O)(=O)c2ccc3nc(C)oc3c2)cc1. The number of nitrogens with zero attached hydrogens (tertiary/aromatic N) is 2. The zero-order valence-electron chi connectivity index (χ0n) is 15.4. The van der Waals surface area contributed by atoms with Gasteiger partial charge in [-0.15, -0.1) is 0 Å². The monoisotopic (exact) mass is 387 g/mol. The van der Waals surface area contributed by atoms with Gasteiger partial charge >= 0.3 is 0 Å². The van der Waals surface area contributed by atoms with Crippen molar-refractivity contribution in [1.29, 1.82) is 0 Å². The number of anilines is 1. The van der Waals surface area contributed by atoms with Gasteiger partial charge in [0.05, 0.1) is 4.90 Å². The molecule has 2 aromatic carbocycles. The van der Waals surface area contributed by atoms with E-state index < -0.39 is 10.0 Å². The van der Waals surface area contributed by atoms with Crippen LogP contribution in [-0.4, -0.2) is 37.3 Å². The molecule has 8 heteroatoms. The maximum absolute atomic E-state index is 12.6. The number of benzene rings is 2. The largest absolute Gasteiger partial charge is 0.441 e. The number of rotatable bonds is 6. The van der Waals surface area contributed by atoms with E-state index in [9.17, 15) is 13.2 Å². The summed E-state index contributed by atoms with van der Waals surface area (Å²) in [7, 11) is -3.79. The van der Waals surface area contributed by atoms with Crippen LogP contribution in [-0.2, 0) is 10.0 Å². The highest BCUT2D eigenvalue weighted by Crippen LogP contribution is 2.22. The molecule has 0 fully saturated rings. The molecule has 0 spiro atoms. The lowest BCUT2D eigenvalue weighted by atomic mass is 10.2. The van der Waals surface area contributed by atoms with Crippen molar-refractivity contribution >= 4 is 32.7 Å². The Balaban J connectivity index is 1.81. The number of hydrogen-bond donors (Lipinski definition) is 1. The number of amides is 1. The number of fused-ring (bicyclic) bond motifs is 1. The molecular formula is C19H21N3O4S. The first-order chi connectivity index (χ1) is 12.8. The molecule has 0 saturated heterocycles. The lowest BCUT2D eigenvalue weighted by Gasteiger charge is -2.18. The first-order valence-corrected chi connectivity index (χ1v) is 10.1. The van der Waals surface area contributed by atoms with E-state index in [2.05, 4.69) is 9.71 Å². The van der Waals surface area contributed by atoms with Gasteiger partial charge in [0.15, 0.2) is 11.5 Å². The van der Waals surface area contributed by atoms with E-state index in [0.717, 1.165) is 0 Å². The second-order valence-corrected chi connectivity index (χ2v) is 7.71. The molecule has 0 aliphatic carbocycles. The van der Waals surface area contributed by atoms with Crippen molar-refractivity contribution in [2.45, 2.75) is 25.7 Å². The Morgan fingerprint density at radius 2 is 1.78 bits per heavy atom. The molecule has 0 atom stereocenters. The molecule has 0 aliphatic heterocycles. The molecule has 7 nitrogen and oxygen atoms in total. The van der Waals surface area contributed by atoms with Crippen LogP contribution in [0.15, 0.2) is 51.8 Å². The highest BCUT2D eigenvalue weighted by atomic mass is 32.2. The maximum Gasteiger partial charge on any atom is 0.262 e. The second-order valence-electron chi connectivity index (χ2n) is 6.02. The normalized spacial score (nSPS) is 11.5. The third-order valence-corrected chi connectivity index (χ3v) is 5.59. The van der Waals surface area contributed by atoms with Crippen LogP contribution in [0.5, 0.6) is 0 Å². The molecule has 0 unspecified atom stereocenters. The Bertz CT molecular complexity index is 1070. The van der Waals surface area contributed by atoms with Gasteiger partial charge in [-0.1, -0.05) is 0 Å². The van der Waals surface area contributed by atoms with Gasteiger partial charge in [-0.05, 0) is 50.2 Å². The highest BCUT2D eigenvalue weighted by Gasteiger charge is 2.17. The molecular weight excluding hydrogens is 366 g/mol. The summed E-state index contributed by atoms with van der Waals surface area (Å²) in [6.45, 7) is 6.77. The van der Waals surface area contributed by atoms with Crippen molar-refractivity contribution in [3.8, 4) is 0 Å². The summed E-state index contributed by atoms with van der Waals surface area (Å²) in [5.74, 6) is 0.390. The number of carbonyl (C=O) groups is 1. The molecule has 1 amide bonds. The zero-order chi connectivity index (χ0) is 19.6. The van der Waals surface area contributed by atoms with Crippen molar-refractivity contribution in [2.75, 3.05) is 17.8 Å². The first kappa shape index (κ1) is 18.9. The predicted octanol–water partition coefficient (Wildman–Crippen LogP) is 3.42. The first-order valence-electron chi connectivity index (χ1n) is 8.63. The van der Waals surface area contributed by atoms with Crippen LogP contribution < -0.4 is 4.72 Å². The fourth-order valence-corrected chi connectivity index (χ4v) is 3.85. The van der Waals surface area contributed by atoms with Crippen molar-refractivity contribution < 1.29 is 17.6 Å². The van der Waals surface area contributed by atoms with E-state index in [0.29, 0.717) is 41.3 Å². The van der Waals surface area contributed by atoms with Gasteiger partial charge in [-0.3, -0.25) is 9.52 Å². The number of aryl methyl sites for hydroxylation is 1. The molecule has 27 heavy (non-hydrogen) atoms. The number of aromatic nitrogens is 1. The third-order valence-electron chi connectivity index (χ3n) is 4.21. The Morgan fingerprint density at radius 3 is 2.41 bits per heavy atom. The Morgan fingerprint density at radius 1 is 1.11 bits per heavy atom. The summed E-state index contributed by atoms with van der Waals surface area (Å²) in [4.78, 5) is 18.3. The summed E-state index contributed by atoms with van der Waals surface area (Å²) in [5, 5.41) is 0. The van der Waals surface area contributed by atoms with E-state index >= 15 is 0 Å². The number of carbonyl (C=O) groups excluding carboxylic acids is 1. The minimum Gasteiger partial charge on any atom is -0.441 e. The topological polar surface area (TPSA) is 92.5 Å². The van der Waals surface area contributed by atoms with Crippen molar-refractivity contribution in [3.63, 3.8) is 0 Å². The lowest BCUT2D eigenvalue weighted by molar-refractivity contribution is 0.0773. The third kappa shape index (κ3) is 3.95. The van der Waals surface area contributed by atoms with Crippen molar-refractivity contribution in [3.05, 3.63) is 53.9 Å². The summed E-state index contributed by atoms with van der Waals surface area (Å²) < 4.78 is 33.2. The summed E-state index contributed by atoms with van der Waals surface area (Å²) in [6.07, 6.45) is 0. The van der Waals surface area contributed by atoms with Crippen LogP contribution in [0.4, 0.5) is 5.69 Å². The average Bonchev–Trinajstić information content (AvgIpc) is 3.02. The molecule has 3 rings (SSSR count). The molecule has 1 aromatic heterocycles. The highest BCUT2D eigenvalue weighted by molar-refractivity contribution is 7.92. The van der Waals surface area contributed by atoms with Crippen molar-refractivity contribution in [1.82, 2.24) is 9.88 Å². The molecule has 1 heterocycles. The number of nitrogens with one attached hydrogen (secondary N) is 1. The van der Waals surface area contributed by atoms with Gasteiger partial charge in [-0.2, -0.15) is 0 Å². The van der Waals surface area contributed by atoms with Gasteiger partial charge in [0.25, 0.3) is 15.9 Å². The number of oxazole rings is 1. The van der Waals surface area contributed by atoms with Gasteiger partial charge in [0.1, 0.15) is 5.52 Å². The number of hydrogen-bond acceptors (Lipinski definition) is 5. The summed E-state index contributed by atoms with van der Waals surface area (Å²) >= 11 is 0. The molecule has 0 aliphatic rings. The summed E-state index contributed by atoms with van der Waals surface area (Å²) in [5.41, 5.74) is 1.90. The van der Waals surface area contributed by atoms with Crippen LogP contribution in [0.2, 0.25) is 0 Å². The van der Waals surface area contributed by atoms with Gasteiger partial charge in [0.2, 0.25) is 0 Å². The quantitative estimate of drug-likeness (QED) is 0.700. The molecule has 142 valence electrons. The van der Waals surface area contributed by atoms with Gasteiger partial charge in [0, 0.05) is 37.3 Å². The van der Waals surface area contributed by atoms with Crippen LogP contribution in [0.3, 0.4) is 0 Å². The average molecular weight is 387 g/mol.